The van der Waals surface area contributed by atoms with Gasteiger partial charge in [0.15, 0.2) is 0 Å². The zero-order valence-corrected chi connectivity index (χ0v) is 13.7. The molecule has 0 amide bonds. The van der Waals surface area contributed by atoms with Gasteiger partial charge >= 0.3 is 0 Å². The fourth-order valence-electron chi connectivity index (χ4n) is 1.48. The van der Waals surface area contributed by atoms with Crippen molar-refractivity contribution in [1.82, 2.24) is 0 Å². The van der Waals surface area contributed by atoms with Crippen LogP contribution in [0.25, 0.3) is 0 Å². The smallest absolute Gasteiger partial charge is 0.231 e. The van der Waals surface area contributed by atoms with E-state index in [-0.39, 0.29) is 0 Å². The minimum atomic E-state index is 0.750. The average molecular weight is 315 g/mol. The van der Waals surface area contributed by atoms with E-state index in [9.17, 15) is 0 Å². The Morgan fingerprint density at radius 2 is 1.00 bits per heavy atom. The van der Waals surface area contributed by atoms with E-state index in [2.05, 4.69) is 13.8 Å². The van der Waals surface area contributed by atoms with E-state index >= 15 is 0 Å². The summed E-state index contributed by atoms with van der Waals surface area (Å²) in [6.45, 7) is 6.16. The van der Waals surface area contributed by atoms with E-state index in [1.165, 1.54) is 51.4 Å². The predicted octanol–water partition coefficient (Wildman–Crippen LogP) is 3.87. The maximum atomic E-state index is 8.35. The third kappa shape index (κ3) is 80.7. The summed E-state index contributed by atoms with van der Waals surface area (Å²) in [6, 6.07) is 0. The first-order chi connectivity index (χ1) is 10.7. The van der Waals surface area contributed by atoms with E-state index in [4.69, 9.17) is 35.3 Å². The van der Waals surface area contributed by atoms with Crippen LogP contribution in [0.4, 0.5) is 0 Å². The van der Waals surface area contributed by atoms with Crippen LogP contribution in [-0.4, -0.2) is 31.5 Å². The normalized spacial score (nSPS) is 7.36. The summed E-state index contributed by atoms with van der Waals surface area (Å²) in [5.74, 6) is 0. The van der Waals surface area contributed by atoms with E-state index < -0.39 is 0 Å². The van der Waals surface area contributed by atoms with Gasteiger partial charge in [0.2, 0.25) is 18.2 Å². The van der Waals surface area contributed by atoms with Crippen molar-refractivity contribution in [3.8, 4) is 0 Å². The lowest BCUT2D eigenvalue weighted by molar-refractivity contribution is 0.143. The number of isocyanates is 3. The molecule has 22 heavy (non-hydrogen) atoms. The lowest BCUT2D eigenvalue weighted by Crippen LogP contribution is -1.92. The molecule has 0 aromatic rings. The molecule has 0 aromatic heterocycles. The molecule has 0 saturated carbocycles. The largest absolute Gasteiger partial charge is 0.382 e. The number of carbonyl (C=O) groups excluding carboxylic acids is 3. The number of ether oxygens (including phenoxy) is 1. The van der Waals surface area contributed by atoms with E-state index in [1.807, 2.05) is 0 Å². The van der Waals surface area contributed by atoms with Gasteiger partial charge in [0.05, 0.1) is 0 Å². The van der Waals surface area contributed by atoms with Gasteiger partial charge < -0.3 is 4.74 Å². The highest BCUT2D eigenvalue weighted by atomic mass is 16.5. The predicted molar refractivity (Wildman–Crippen MR) is 84.3 cm³/mol. The fraction of sp³-hybridized carbons (Fsp3) is 0.800. The molecule has 0 bridgehead atoms. The quantitative estimate of drug-likeness (QED) is 0.320. The Bertz CT molecular complexity index is 240. The van der Waals surface area contributed by atoms with Crippen molar-refractivity contribution in [3.05, 3.63) is 0 Å². The molecule has 128 valence electrons. The van der Waals surface area contributed by atoms with Crippen LogP contribution in [-0.2, 0) is 19.1 Å². The Labute approximate surface area is 133 Å². The molecule has 0 saturated heterocycles. The van der Waals surface area contributed by atoms with Crippen LogP contribution in [0.2, 0.25) is 0 Å². The molecule has 0 radical (unpaired) electrons. The van der Waals surface area contributed by atoms with Gasteiger partial charge in [-0.25, -0.2) is 30.6 Å². The summed E-state index contributed by atoms with van der Waals surface area (Å²) >= 11 is 0. The molecule has 0 aromatic carbocycles. The Morgan fingerprint density at radius 3 is 1.32 bits per heavy atom. The highest BCUT2D eigenvalue weighted by Gasteiger charge is 1.90. The van der Waals surface area contributed by atoms with Gasteiger partial charge in [0.25, 0.3) is 0 Å². The molecule has 0 fully saturated rings. The van der Waals surface area contributed by atoms with Crippen molar-refractivity contribution >= 4 is 18.2 Å². The molecule has 0 unspecified atom stereocenters. The molecule has 0 atom stereocenters. The number of hydrogen-bond donors (Lipinski definition) is 3. The zero-order valence-electron chi connectivity index (χ0n) is 13.7. The molecule has 0 rings (SSSR count). The topological polar surface area (TPSA) is 132 Å². The Hall–Kier alpha value is -1.90. The SMILES string of the molecule is CCCCCCCCCCOCC.N=C=O.N=C=O.N=C=O. The van der Waals surface area contributed by atoms with Crippen LogP contribution in [0.1, 0.15) is 65.2 Å². The van der Waals surface area contributed by atoms with Crippen LogP contribution < -0.4 is 0 Å². The number of unbranched alkanes of at least 4 members (excludes halogenated alkanes) is 7. The molecular formula is C15H29N3O4. The summed E-state index contributed by atoms with van der Waals surface area (Å²) in [4.78, 5) is 25.0. The van der Waals surface area contributed by atoms with Crippen molar-refractivity contribution < 1.29 is 19.1 Å². The van der Waals surface area contributed by atoms with Gasteiger partial charge in [-0.05, 0) is 13.3 Å². The van der Waals surface area contributed by atoms with Gasteiger partial charge in [0.1, 0.15) is 0 Å². The highest BCUT2D eigenvalue weighted by Crippen LogP contribution is 2.08. The molecule has 0 aliphatic carbocycles. The summed E-state index contributed by atoms with van der Waals surface area (Å²) < 4.78 is 5.28. The van der Waals surface area contributed by atoms with E-state index in [1.54, 1.807) is 0 Å². The molecular weight excluding hydrogens is 286 g/mol. The summed E-state index contributed by atoms with van der Waals surface area (Å²) in [7, 11) is 0. The van der Waals surface area contributed by atoms with Gasteiger partial charge in [-0.1, -0.05) is 51.9 Å². The third-order valence-electron chi connectivity index (χ3n) is 2.35. The van der Waals surface area contributed by atoms with Gasteiger partial charge in [0, 0.05) is 13.2 Å². The van der Waals surface area contributed by atoms with Crippen molar-refractivity contribution in [2.24, 2.45) is 0 Å². The molecule has 7 heteroatoms. The third-order valence-corrected chi connectivity index (χ3v) is 2.35. The number of hydrogen-bond acceptors (Lipinski definition) is 7. The van der Waals surface area contributed by atoms with E-state index in [0.717, 1.165) is 31.5 Å². The van der Waals surface area contributed by atoms with Crippen LogP contribution in [0, 0.1) is 16.2 Å². The number of rotatable bonds is 10. The van der Waals surface area contributed by atoms with Crippen LogP contribution in [0.3, 0.4) is 0 Å². The lowest BCUT2D eigenvalue weighted by Gasteiger charge is -2.01. The monoisotopic (exact) mass is 315 g/mol. The second kappa shape index (κ2) is 42.7. The van der Waals surface area contributed by atoms with Crippen LogP contribution >= 0.6 is 0 Å². The molecule has 0 spiro atoms. The second-order valence-corrected chi connectivity index (χ2v) is 3.98. The van der Waals surface area contributed by atoms with Crippen molar-refractivity contribution in [2.75, 3.05) is 13.2 Å². The van der Waals surface area contributed by atoms with Crippen molar-refractivity contribution in [1.29, 1.82) is 16.2 Å². The molecule has 7 nitrogen and oxygen atoms in total. The first-order valence-corrected chi connectivity index (χ1v) is 7.35. The molecule has 0 aliphatic rings. The molecule has 0 aliphatic heterocycles. The first-order valence-electron chi connectivity index (χ1n) is 7.35. The Kier molecular flexibility index (Phi) is 55.0. The fourth-order valence-corrected chi connectivity index (χ4v) is 1.48. The zero-order chi connectivity index (χ0) is 17.9. The maximum absolute atomic E-state index is 8.35. The first kappa shape index (κ1) is 28.3. The standard InChI is InChI=1S/C12H26O.3CHNO/c1-3-5-6-7-8-9-10-11-12-13-4-2;3*2-1-3/h3-12H2,1-2H3;3*2H. The summed E-state index contributed by atoms with van der Waals surface area (Å²) in [5, 5.41) is 16.2. The van der Waals surface area contributed by atoms with Gasteiger partial charge in [-0.3, -0.25) is 0 Å². The molecule has 0 heterocycles. The van der Waals surface area contributed by atoms with Crippen LogP contribution in [0.5, 0.6) is 0 Å². The summed E-state index contributed by atoms with van der Waals surface area (Å²) in [5.41, 5.74) is 0. The molecule has 3 N–H and O–H groups in total. The van der Waals surface area contributed by atoms with Crippen molar-refractivity contribution in [3.63, 3.8) is 0 Å². The minimum absolute atomic E-state index is 0.750. The van der Waals surface area contributed by atoms with Gasteiger partial charge in [-0.15, -0.1) is 0 Å². The summed E-state index contributed by atoms with van der Waals surface area (Å²) in [6.07, 6.45) is 13.3. The highest BCUT2D eigenvalue weighted by molar-refractivity contribution is 5.26. The Morgan fingerprint density at radius 1 is 0.682 bits per heavy atom. The second-order valence-electron chi connectivity index (χ2n) is 3.98. The minimum Gasteiger partial charge on any atom is -0.382 e. The van der Waals surface area contributed by atoms with Gasteiger partial charge in [-0.2, -0.15) is 0 Å². The van der Waals surface area contributed by atoms with Crippen LogP contribution in [0.15, 0.2) is 0 Å². The Balaban J connectivity index is -0.000000148. The van der Waals surface area contributed by atoms with Crippen molar-refractivity contribution in [2.45, 2.75) is 65.2 Å². The maximum Gasteiger partial charge on any atom is 0.231 e. The lowest BCUT2D eigenvalue weighted by atomic mass is 10.1. The van der Waals surface area contributed by atoms with E-state index in [0.29, 0.717) is 0 Å². The number of nitrogens with one attached hydrogen (secondary N) is 3. The average Bonchev–Trinajstić information content (AvgIpc) is 2.48.